The third-order valence-electron chi connectivity index (χ3n) is 3.08. The van der Waals surface area contributed by atoms with Gasteiger partial charge in [0.05, 0.1) is 11.3 Å². The highest BCUT2D eigenvalue weighted by Crippen LogP contribution is 2.18. The summed E-state index contributed by atoms with van der Waals surface area (Å²) in [4.78, 5) is 22.0. The van der Waals surface area contributed by atoms with Crippen molar-refractivity contribution in [2.45, 2.75) is 25.2 Å². The van der Waals surface area contributed by atoms with Gasteiger partial charge in [-0.05, 0) is 24.3 Å². The van der Waals surface area contributed by atoms with Gasteiger partial charge in [0, 0.05) is 25.3 Å². The third kappa shape index (κ3) is 5.53. The van der Waals surface area contributed by atoms with Crippen LogP contribution in [0.25, 0.3) is 0 Å². The van der Waals surface area contributed by atoms with E-state index in [2.05, 4.69) is 10.6 Å². The van der Waals surface area contributed by atoms with E-state index in [1.54, 1.807) is 13.8 Å². The van der Waals surface area contributed by atoms with Crippen LogP contribution in [0.2, 0.25) is 0 Å². The Hall–Kier alpha value is -2.13. The van der Waals surface area contributed by atoms with Crippen LogP contribution in [0.3, 0.4) is 0 Å². The maximum atomic E-state index is 12.3. The van der Waals surface area contributed by atoms with E-state index >= 15 is 0 Å². The van der Waals surface area contributed by atoms with Crippen LogP contribution < -0.4 is 10.6 Å². The number of carbonyl (C=O) groups is 2. The van der Waals surface area contributed by atoms with Crippen molar-refractivity contribution in [2.24, 2.45) is 0 Å². The van der Waals surface area contributed by atoms with E-state index < -0.39 is 22.0 Å². The molecule has 1 aromatic carbocycles. The number of aliphatic carboxylic acids is 1. The summed E-state index contributed by atoms with van der Waals surface area (Å²) in [5.41, 5.74) is 0.413. The number of anilines is 1. The summed E-state index contributed by atoms with van der Waals surface area (Å²) in [7, 11) is -3.53. The van der Waals surface area contributed by atoms with Crippen LogP contribution in [0.1, 0.15) is 20.3 Å². The third-order valence-corrected chi connectivity index (χ3v) is 5.14. The highest BCUT2D eigenvalue weighted by atomic mass is 32.2. The van der Waals surface area contributed by atoms with Crippen LogP contribution in [0.15, 0.2) is 29.2 Å². The number of carboxylic acids is 1. The number of sulfonamides is 1. The van der Waals surface area contributed by atoms with Gasteiger partial charge in [-0.1, -0.05) is 13.8 Å². The molecule has 0 aliphatic rings. The zero-order valence-electron chi connectivity index (χ0n) is 13.1. The summed E-state index contributed by atoms with van der Waals surface area (Å²) < 4.78 is 25.9. The SMILES string of the molecule is CCN(CC)S(=O)(=O)c1ccc(NC(=O)NCCC(=O)O)cc1. The van der Waals surface area contributed by atoms with Crippen LogP contribution in [0.5, 0.6) is 0 Å². The zero-order valence-corrected chi connectivity index (χ0v) is 13.9. The molecule has 23 heavy (non-hydrogen) atoms. The molecular weight excluding hydrogens is 322 g/mol. The van der Waals surface area contributed by atoms with Crippen LogP contribution in [-0.4, -0.2) is 49.5 Å². The molecule has 0 saturated carbocycles. The number of amides is 2. The van der Waals surface area contributed by atoms with Crippen LogP contribution >= 0.6 is 0 Å². The molecule has 0 unspecified atom stereocenters. The summed E-state index contributed by atoms with van der Waals surface area (Å²) in [6, 6.07) is 5.24. The van der Waals surface area contributed by atoms with E-state index in [1.807, 2.05) is 0 Å². The van der Waals surface area contributed by atoms with Crippen molar-refractivity contribution in [2.75, 3.05) is 25.0 Å². The van der Waals surface area contributed by atoms with Gasteiger partial charge in [0.2, 0.25) is 10.0 Å². The monoisotopic (exact) mass is 343 g/mol. The maximum absolute atomic E-state index is 12.3. The standard InChI is InChI=1S/C14H21N3O5S/c1-3-17(4-2)23(21,22)12-7-5-11(6-8-12)16-14(20)15-10-9-13(18)19/h5-8H,3-4,9-10H2,1-2H3,(H,18,19)(H2,15,16,20). The number of nitrogens with zero attached hydrogens (tertiary/aromatic N) is 1. The number of carboxylic acid groups (broad SMARTS) is 1. The highest BCUT2D eigenvalue weighted by molar-refractivity contribution is 7.89. The first-order valence-corrected chi connectivity index (χ1v) is 8.62. The molecule has 0 fully saturated rings. The molecule has 128 valence electrons. The lowest BCUT2D eigenvalue weighted by molar-refractivity contribution is -0.136. The number of benzene rings is 1. The molecule has 0 heterocycles. The maximum Gasteiger partial charge on any atom is 0.319 e. The fourth-order valence-corrected chi connectivity index (χ4v) is 3.34. The molecule has 8 nitrogen and oxygen atoms in total. The van der Waals surface area contributed by atoms with Gasteiger partial charge in [0.1, 0.15) is 0 Å². The summed E-state index contributed by atoms with van der Waals surface area (Å²) >= 11 is 0. The second-order valence-corrected chi connectivity index (χ2v) is 6.58. The van der Waals surface area contributed by atoms with Gasteiger partial charge < -0.3 is 15.7 Å². The Labute approximate surface area is 135 Å². The van der Waals surface area contributed by atoms with E-state index in [1.165, 1.54) is 28.6 Å². The molecule has 3 N–H and O–H groups in total. The van der Waals surface area contributed by atoms with E-state index in [4.69, 9.17) is 5.11 Å². The molecule has 9 heteroatoms. The van der Waals surface area contributed by atoms with Gasteiger partial charge in [-0.25, -0.2) is 13.2 Å². The first-order valence-electron chi connectivity index (χ1n) is 7.18. The average Bonchev–Trinajstić information content (AvgIpc) is 2.48. The molecule has 0 aromatic heterocycles. The lowest BCUT2D eigenvalue weighted by Gasteiger charge is -2.18. The summed E-state index contributed by atoms with van der Waals surface area (Å²) in [5.74, 6) is -1.00. The van der Waals surface area contributed by atoms with Crippen molar-refractivity contribution in [1.82, 2.24) is 9.62 Å². The lowest BCUT2D eigenvalue weighted by Crippen LogP contribution is -2.31. The van der Waals surface area contributed by atoms with Crippen molar-refractivity contribution < 1.29 is 23.1 Å². The smallest absolute Gasteiger partial charge is 0.319 e. The van der Waals surface area contributed by atoms with Crippen LogP contribution in [-0.2, 0) is 14.8 Å². The van der Waals surface area contributed by atoms with E-state index in [0.29, 0.717) is 18.8 Å². The van der Waals surface area contributed by atoms with Gasteiger partial charge in [0.15, 0.2) is 0 Å². The molecule has 0 aliphatic heterocycles. The van der Waals surface area contributed by atoms with Gasteiger partial charge in [-0.2, -0.15) is 4.31 Å². The summed E-state index contributed by atoms with van der Waals surface area (Å²) in [6.07, 6.45) is -0.172. The molecule has 0 aliphatic carbocycles. The minimum absolute atomic E-state index is 0.00951. The fourth-order valence-electron chi connectivity index (χ4n) is 1.88. The normalized spacial score (nSPS) is 11.3. The van der Waals surface area contributed by atoms with Crippen molar-refractivity contribution in [3.8, 4) is 0 Å². The topological polar surface area (TPSA) is 116 Å². The second kappa shape index (κ2) is 8.49. The summed E-state index contributed by atoms with van der Waals surface area (Å²) in [6.45, 7) is 4.29. The molecule has 0 atom stereocenters. The van der Waals surface area contributed by atoms with Gasteiger partial charge in [0.25, 0.3) is 0 Å². The lowest BCUT2D eigenvalue weighted by atomic mass is 10.3. The predicted molar refractivity (Wildman–Crippen MR) is 85.8 cm³/mol. The quantitative estimate of drug-likeness (QED) is 0.658. The average molecular weight is 343 g/mol. The highest BCUT2D eigenvalue weighted by Gasteiger charge is 2.21. The largest absolute Gasteiger partial charge is 0.481 e. The number of hydrogen-bond donors (Lipinski definition) is 3. The molecule has 0 bridgehead atoms. The molecular formula is C14H21N3O5S. The Kier molecular flexibility index (Phi) is 6.98. The van der Waals surface area contributed by atoms with Gasteiger partial charge in [-0.3, -0.25) is 4.79 Å². The van der Waals surface area contributed by atoms with Gasteiger partial charge >= 0.3 is 12.0 Å². The Morgan fingerprint density at radius 3 is 2.17 bits per heavy atom. The zero-order chi connectivity index (χ0) is 17.5. The molecule has 1 aromatic rings. The summed E-state index contributed by atoms with van der Waals surface area (Å²) in [5, 5.41) is 13.4. The number of carbonyl (C=O) groups excluding carboxylic acids is 1. The minimum atomic E-state index is -3.53. The van der Waals surface area contributed by atoms with E-state index in [9.17, 15) is 18.0 Å². The predicted octanol–water partition coefficient (Wildman–Crippen LogP) is 1.31. The van der Waals surface area contributed by atoms with Crippen molar-refractivity contribution in [1.29, 1.82) is 0 Å². The van der Waals surface area contributed by atoms with Crippen molar-refractivity contribution in [3.63, 3.8) is 0 Å². The van der Waals surface area contributed by atoms with Crippen LogP contribution in [0.4, 0.5) is 10.5 Å². The fraction of sp³-hybridized carbons (Fsp3) is 0.429. The minimum Gasteiger partial charge on any atom is -0.481 e. The number of nitrogens with one attached hydrogen (secondary N) is 2. The molecule has 0 spiro atoms. The Morgan fingerprint density at radius 2 is 1.70 bits per heavy atom. The Balaban J connectivity index is 2.70. The van der Waals surface area contributed by atoms with Crippen molar-refractivity contribution >= 4 is 27.7 Å². The molecule has 0 radical (unpaired) electrons. The molecule has 0 saturated heterocycles. The van der Waals surface area contributed by atoms with E-state index in [0.717, 1.165) is 0 Å². The van der Waals surface area contributed by atoms with E-state index in [-0.39, 0.29) is 17.9 Å². The van der Waals surface area contributed by atoms with Gasteiger partial charge in [-0.15, -0.1) is 0 Å². The second-order valence-electron chi connectivity index (χ2n) is 4.64. The number of rotatable bonds is 8. The first kappa shape index (κ1) is 18.9. The Bertz CT molecular complexity index is 639. The molecule has 2 amide bonds. The number of hydrogen-bond acceptors (Lipinski definition) is 4. The first-order chi connectivity index (χ1) is 10.8. The van der Waals surface area contributed by atoms with Crippen molar-refractivity contribution in [3.05, 3.63) is 24.3 Å². The van der Waals surface area contributed by atoms with Crippen LogP contribution in [0, 0.1) is 0 Å². The molecule has 1 rings (SSSR count). The Morgan fingerprint density at radius 1 is 1.13 bits per heavy atom. The number of urea groups is 1.